The van der Waals surface area contributed by atoms with Gasteiger partial charge in [-0.1, -0.05) is 47.5 Å². The molecular formula is C14H14N5-. The number of benzene rings is 2. The van der Waals surface area contributed by atoms with Crippen LogP contribution in [-0.2, 0) is 0 Å². The van der Waals surface area contributed by atoms with Crippen LogP contribution in [-0.4, -0.2) is 0 Å². The molecule has 5 nitrogen and oxygen atoms in total. The molecule has 0 amide bonds. The lowest BCUT2D eigenvalue weighted by Crippen LogP contribution is -1.69. The summed E-state index contributed by atoms with van der Waals surface area (Å²) in [5.74, 6) is 0. The quantitative estimate of drug-likeness (QED) is 0.518. The summed E-state index contributed by atoms with van der Waals surface area (Å²) in [4.78, 5) is 0. The molecule has 0 fully saturated rings. The van der Waals surface area contributed by atoms with Crippen LogP contribution >= 0.6 is 0 Å². The second-order valence-corrected chi connectivity index (χ2v) is 4.14. The largest absolute Gasteiger partial charge is 0.349 e. The van der Waals surface area contributed by atoms with Crippen LogP contribution in [0.3, 0.4) is 0 Å². The smallest absolute Gasteiger partial charge is 0.0856 e. The average molecular weight is 252 g/mol. The molecule has 0 spiro atoms. The monoisotopic (exact) mass is 252 g/mol. The molecule has 2 rings (SSSR count). The van der Waals surface area contributed by atoms with Crippen LogP contribution in [0.4, 0.5) is 11.4 Å². The van der Waals surface area contributed by atoms with Crippen molar-refractivity contribution in [1.29, 1.82) is 0 Å². The van der Waals surface area contributed by atoms with E-state index in [-0.39, 0.29) is 0 Å². The molecule has 0 N–H and O–H groups in total. The molecule has 0 unspecified atom stereocenters. The van der Waals surface area contributed by atoms with Crippen LogP contribution in [0.5, 0.6) is 0 Å². The van der Waals surface area contributed by atoms with Crippen molar-refractivity contribution in [2.24, 2.45) is 20.8 Å². The Bertz CT molecular complexity index is 570. The van der Waals surface area contributed by atoms with Crippen LogP contribution in [0.25, 0.3) is 5.43 Å². The molecule has 0 aromatic heterocycles. The Kier molecular flexibility index (Phi) is 4.34. The number of aryl methyl sites for hydroxylation is 2. The maximum Gasteiger partial charge on any atom is 0.0856 e. The topological polar surface area (TPSA) is 63.5 Å². The van der Waals surface area contributed by atoms with Gasteiger partial charge in [-0.3, -0.25) is 5.22 Å². The van der Waals surface area contributed by atoms with Gasteiger partial charge in [0.25, 0.3) is 0 Å². The van der Waals surface area contributed by atoms with Crippen LogP contribution in [0.2, 0.25) is 0 Å². The summed E-state index contributed by atoms with van der Waals surface area (Å²) in [6.07, 6.45) is 0. The van der Waals surface area contributed by atoms with E-state index in [4.69, 9.17) is 0 Å². The average Bonchev–Trinajstić information content (AvgIpc) is 2.43. The van der Waals surface area contributed by atoms with E-state index >= 15 is 0 Å². The van der Waals surface area contributed by atoms with E-state index in [9.17, 15) is 0 Å². The molecule has 0 aliphatic rings. The summed E-state index contributed by atoms with van der Waals surface area (Å²) >= 11 is 0. The molecule has 2 aromatic rings. The Morgan fingerprint density at radius 3 is 1.95 bits per heavy atom. The highest BCUT2D eigenvalue weighted by Crippen LogP contribution is 2.19. The van der Waals surface area contributed by atoms with E-state index in [2.05, 4.69) is 26.2 Å². The molecule has 5 heteroatoms. The van der Waals surface area contributed by atoms with Gasteiger partial charge in [0, 0.05) is 0 Å². The number of nitrogens with zero attached hydrogens (tertiary/aromatic N) is 5. The van der Waals surface area contributed by atoms with Crippen molar-refractivity contribution in [2.45, 2.75) is 13.8 Å². The minimum Gasteiger partial charge on any atom is -0.349 e. The lowest BCUT2D eigenvalue weighted by Gasteiger charge is -2.04. The summed E-state index contributed by atoms with van der Waals surface area (Å²) in [7, 11) is 0. The van der Waals surface area contributed by atoms with Crippen molar-refractivity contribution < 1.29 is 0 Å². The Morgan fingerprint density at radius 1 is 0.737 bits per heavy atom. The summed E-state index contributed by atoms with van der Waals surface area (Å²) in [5, 5.41) is 14.6. The highest BCUT2D eigenvalue weighted by Gasteiger charge is 1.86. The third-order valence-corrected chi connectivity index (χ3v) is 2.47. The van der Waals surface area contributed by atoms with Crippen molar-refractivity contribution >= 4 is 11.4 Å². The fourth-order valence-corrected chi connectivity index (χ4v) is 1.38. The first-order valence-corrected chi connectivity index (χ1v) is 5.89. The van der Waals surface area contributed by atoms with E-state index in [1.807, 2.05) is 62.4 Å². The highest BCUT2D eigenvalue weighted by atomic mass is 15.6. The van der Waals surface area contributed by atoms with Gasteiger partial charge in [0.1, 0.15) is 0 Å². The zero-order valence-electron chi connectivity index (χ0n) is 10.9. The molecule has 96 valence electrons. The highest BCUT2D eigenvalue weighted by molar-refractivity contribution is 5.47. The first kappa shape index (κ1) is 12.9. The van der Waals surface area contributed by atoms with Gasteiger partial charge in [0.15, 0.2) is 0 Å². The third-order valence-electron chi connectivity index (χ3n) is 2.47. The van der Waals surface area contributed by atoms with Crippen LogP contribution in [0.1, 0.15) is 11.1 Å². The zero-order valence-corrected chi connectivity index (χ0v) is 10.9. The van der Waals surface area contributed by atoms with Gasteiger partial charge in [0.05, 0.1) is 5.69 Å². The zero-order chi connectivity index (χ0) is 13.5. The molecule has 0 aliphatic carbocycles. The molecule has 19 heavy (non-hydrogen) atoms. The van der Waals surface area contributed by atoms with Crippen LogP contribution < -0.4 is 0 Å². The van der Waals surface area contributed by atoms with Gasteiger partial charge in [-0.05, 0) is 31.7 Å². The SMILES string of the molecule is Cc1ccc(N=N/N=N/[N-]c2ccc(C)cc2)cc1. The summed E-state index contributed by atoms with van der Waals surface area (Å²) in [6.45, 7) is 4.03. The predicted molar refractivity (Wildman–Crippen MR) is 74.7 cm³/mol. The Balaban J connectivity index is 1.86. The van der Waals surface area contributed by atoms with Crippen LogP contribution in [0, 0.1) is 13.8 Å². The lowest BCUT2D eigenvalue weighted by atomic mass is 10.2. The van der Waals surface area contributed by atoms with Gasteiger partial charge in [-0.2, -0.15) is 5.11 Å². The van der Waals surface area contributed by atoms with Gasteiger partial charge < -0.3 is 5.43 Å². The Hall–Kier alpha value is -2.56. The molecule has 2 aromatic carbocycles. The maximum absolute atomic E-state index is 3.90. The number of hydrogen-bond acceptors (Lipinski definition) is 2. The van der Waals surface area contributed by atoms with E-state index < -0.39 is 0 Å². The second-order valence-electron chi connectivity index (χ2n) is 4.14. The third kappa shape index (κ3) is 4.31. The van der Waals surface area contributed by atoms with Gasteiger partial charge in [-0.25, -0.2) is 5.22 Å². The predicted octanol–water partition coefficient (Wildman–Crippen LogP) is 5.37. The molecule has 0 heterocycles. The molecule has 0 aliphatic heterocycles. The Morgan fingerprint density at radius 2 is 1.32 bits per heavy atom. The summed E-state index contributed by atoms with van der Waals surface area (Å²) < 4.78 is 0. The van der Waals surface area contributed by atoms with E-state index in [1.54, 1.807) is 0 Å². The minimum absolute atomic E-state index is 0.736. The maximum atomic E-state index is 3.90. The first-order valence-electron chi connectivity index (χ1n) is 5.89. The van der Waals surface area contributed by atoms with Crippen molar-refractivity contribution in [3.63, 3.8) is 0 Å². The van der Waals surface area contributed by atoms with E-state index in [0.717, 1.165) is 11.4 Å². The fourth-order valence-electron chi connectivity index (χ4n) is 1.38. The molecule has 0 bridgehead atoms. The Labute approximate surface area is 112 Å². The normalized spacial score (nSPS) is 11.3. The number of rotatable bonds is 4. The van der Waals surface area contributed by atoms with E-state index in [0.29, 0.717) is 0 Å². The molecule has 0 radical (unpaired) electrons. The van der Waals surface area contributed by atoms with Crippen LogP contribution in [0.15, 0.2) is 69.3 Å². The van der Waals surface area contributed by atoms with Crippen molar-refractivity contribution in [3.05, 3.63) is 65.1 Å². The molecule has 0 saturated heterocycles. The van der Waals surface area contributed by atoms with Gasteiger partial charge >= 0.3 is 0 Å². The van der Waals surface area contributed by atoms with Crippen molar-refractivity contribution in [3.8, 4) is 0 Å². The molecule has 0 saturated carbocycles. The van der Waals surface area contributed by atoms with Gasteiger partial charge in [-0.15, -0.1) is 5.22 Å². The fraction of sp³-hybridized carbons (Fsp3) is 0.143. The molecule has 0 atom stereocenters. The van der Waals surface area contributed by atoms with Gasteiger partial charge in [0.2, 0.25) is 0 Å². The minimum atomic E-state index is 0.736. The standard InChI is InChI=1S/C14H14N5/c1-11-3-7-13(8-4-11)15-17-19-18-16-14-9-5-12(2)6-10-14/h3-10H,1-2H3/q-1. The summed E-state index contributed by atoms with van der Waals surface area (Å²) in [5.41, 5.74) is 7.72. The lowest BCUT2D eigenvalue weighted by molar-refractivity contribution is 0.944. The first-order chi connectivity index (χ1) is 9.24. The van der Waals surface area contributed by atoms with E-state index in [1.165, 1.54) is 11.1 Å². The van der Waals surface area contributed by atoms with Crippen molar-refractivity contribution in [2.75, 3.05) is 0 Å². The second kappa shape index (κ2) is 6.39. The van der Waals surface area contributed by atoms with Crippen molar-refractivity contribution in [1.82, 2.24) is 0 Å². The summed E-state index contributed by atoms with van der Waals surface area (Å²) in [6, 6.07) is 15.3. The number of hydrogen-bond donors (Lipinski definition) is 0. The molecular weight excluding hydrogens is 238 g/mol.